The highest BCUT2D eigenvalue weighted by atomic mass is 16.5. The van der Waals surface area contributed by atoms with Crippen molar-refractivity contribution in [1.29, 1.82) is 0 Å². The van der Waals surface area contributed by atoms with Gasteiger partial charge in [0, 0.05) is 5.56 Å². The van der Waals surface area contributed by atoms with Crippen LogP contribution >= 0.6 is 0 Å². The molecule has 3 rings (SSSR count). The fourth-order valence-electron chi connectivity index (χ4n) is 2.23. The van der Waals surface area contributed by atoms with Crippen molar-refractivity contribution in [2.24, 2.45) is 0 Å². The predicted molar refractivity (Wildman–Crippen MR) is 86.2 cm³/mol. The van der Waals surface area contributed by atoms with Crippen LogP contribution in [0.5, 0.6) is 5.75 Å². The minimum Gasteiger partial charge on any atom is -0.478 e. The number of hydrazine groups is 1. The highest BCUT2D eigenvalue weighted by Gasteiger charge is 2.29. The van der Waals surface area contributed by atoms with E-state index in [1.165, 1.54) is 0 Å². The Balaban J connectivity index is 1.54. The van der Waals surface area contributed by atoms with Crippen molar-refractivity contribution >= 4 is 23.4 Å². The van der Waals surface area contributed by atoms with Crippen LogP contribution < -0.4 is 20.9 Å². The Morgan fingerprint density at radius 1 is 1.00 bits per heavy atom. The van der Waals surface area contributed by atoms with E-state index in [2.05, 4.69) is 16.2 Å². The van der Waals surface area contributed by atoms with Gasteiger partial charge in [0.15, 0.2) is 6.10 Å². The average molecular weight is 325 g/mol. The van der Waals surface area contributed by atoms with Gasteiger partial charge in [0.05, 0.1) is 12.1 Å². The highest BCUT2D eigenvalue weighted by Crippen LogP contribution is 2.29. The summed E-state index contributed by atoms with van der Waals surface area (Å²) in [6.07, 6.45) is -1.16. The van der Waals surface area contributed by atoms with Crippen molar-refractivity contribution in [2.75, 3.05) is 5.32 Å². The molecule has 0 spiro atoms. The standard InChI is InChI=1S/C17H15N3O4/c21-15(19-20-16(22)11-6-2-1-3-7-11)10-14-17(23)18-12-8-4-5-9-13(12)24-14/h1-9,14H,10H2,(H,18,23)(H,19,21)(H,20,22)/t14-/m1/s1. The summed E-state index contributed by atoms with van der Waals surface area (Å²) in [6.45, 7) is 0. The molecule has 24 heavy (non-hydrogen) atoms. The predicted octanol–water partition coefficient (Wildman–Crippen LogP) is 1.24. The van der Waals surface area contributed by atoms with Crippen molar-refractivity contribution < 1.29 is 19.1 Å². The van der Waals surface area contributed by atoms with Crippen molar-refractivity contribution in [3.05, 3.63) is 60.2 Å². The number of fused-ring (bicyclic) bond motifs is 1. The third kappa shape index (κ3) is 3.52. The van der Waals surface area contributed by atoms with Crippen LogP contribution in [0.3, 0.4) is 0 Å². The maximum atomic E-state index is 11.9. The molecule has 3 amide bonds. The lowest BCUT2D eigenvalue weighted by atomic mass is 10.1. The summed E-state index contributed by atoms with van der Waals surface area (Å²) in [5, 5.41) is 2.67. The lowest BCUT2D eigenvalue weighted by molar-refractivity contribution is -0.130. The third-order valence-electron chi connectivity index (χ3n) is 3.43. The van der Waals surface area contributed by atoms with Gasteiger partial charge in [0.1, 0.15) is 5.75 Å². The molecular weight excluding hydrogens is 310 g/mol. The fraction of sp³-hybridized carbons (Fsp3) is 0.118. The molecule has 7 heteroatoms. The lowest BCUT2D eigenvalue weighted by Crippen LogP contribution is -2.46. The minimum atomic E-state index is -0.950. The van der Waals surface area contributed by atoms with Gasteiger partial charge < -0.3 is 10.1 Å². The second-order valence-corrected chi connectivity index (χ2v) is 5.16. The first-order chi connectivity index (χ1) is 11.6. The zero-order valence-corrected chi connectivity index (χ0v) is 12.6. The van der Waals surface area contributed by atoms with E-state index < -0.39 is 23.8 Å². The molecule has 122 valence electrons. The highest BCUT2D eigenvalue weighted by molar-refractivity contribution is 6.00. The molecule has 2 aromatic carbocycles. The monoisotopic (exact) mass is 325 g/mol. The molecule has 1 aliphatic heterocycles. The number of amides is 3. The molecule has 0 radical (unpaired) electrons. The molecule has 7 nitrogen and oxygen atoms in total. The lowest BCUT2D eigenvalue weighted by Gasteiger charge is -2.25. The molecule has 2 aromatic rings. The molecule has 0 aromatic heterocycles. The van der Waals surface area contributed by atoms with E-state index in [0.29, 0.717) is 17.0 Å². The Kier molecular flexibility index (Phi) is 4.42. The van der Waals surface area contributed by atoms with Gasteiger partial charge in [-0.25, -0.2) is 0 Å². The minimum absolute atomic E-state index is 0.213. The van der Waals surface area contributed by atoms with Gasteiger partial charge in [-0.2, -0.15) is 0 Å². The van der Waals surface area contributed by atoms with E-state index in [1.54, 1.807) is 54.6 Å². The molecule has 1 aliphatic rings. The first kappa shape index (κ1) is 15.5. The molecule has 0 fully saturated rings. The van der Waals surface area contributed by atoms with Gasteiger partial charge in [-0.1, -0.05) is 30.3 Å². The largest absolute Gasteiger partial charge is 0.478 e. The quantitative estimate of drug-likeness (QED) is 0.740. The summed E-state index contributed by atoms with van der Waals surface area (Å²) in [4.78, 5) is 35.7. The second-order valence-electron chi connectivity index (χ2n) is 5.16. The number of para-hydroxylation sites is 2. The third-order valence-corrected chi connectivity index (χ3v) is 3.43. The summed E-state index contributed by atoms with van der Waals surface area (Å²) in [6, 6.07) is 15.4. The van der Waals surface area contributed by atoms with Crippen LogP contribution in [0.25, 0.3) is 0 Å². The van der Waals surface area contributed by atoms with Gasteiger partial charge in [0.2, 0.25) is 5.91 Å². The second kappa shape index (κ2) is 6.82. The number of carbonyl (C=O) groups excluding carboxylic acids is 3. The number of hydrogen-bond acceptors (Lipinski definition) is 4. The van der Waals surface area contributed by atoms with E-state index in [9.17, 15) is 14.4 Å². The normalized spacial score (nSPS) is 15.5. The van der Waals surface area contributed by atoms with Crippen LogP contribution in [0.1, 0.15) is 16.8 Å². The van der Waals surface area contributed by atoms with Crippen LogP contribution in [-0.4, -0.2) is 23.8 Å². The first-order valence-electron chi connectivity index (χ1n) is 7.34. The van der Waals surface area contributed by atoms with Crippen LogP contribution in [0.4, 0.5) is 5.69 Å². The molecule has 0 saturated carbocycles. The van der Waals surface area contributed by atoms with E-state index in [0.717, 1.165) is 0 Å². The molecule has 0 unspecified atom stereocenters. The van der Waals surface area contributed by atoms with Gasteiger partial charge in [-0.3, -0.25) is 25.2 Å². The summed E-state index contributed by atoms with van der Waals surface area (Å²) in [5.41, 5.74) is 5.55. The van der Waals surface area contributed by atoms with E-state index in [4.69, 9.17) is 4.74 Å². The summed E-state index contributed by atoms with van der Waals surface area (Å²) >= 11 is 0. The molecule has 0 aliphatic carbocycles. The Labute approximate surface area is 138 Å². The first-order valence-corrected chi connectivity index (χ1v) is 7.34. The molecular formula is C17H15N3O4. The van der Waals surface area contributed by atoms with Crippen molar-refractivity contribution in [1.82, 2.24) is 10.9 Å². The Bertz CT molecular complexity index is 776. The van der Waals surface area contributed by atoms with Gasteiger partial charge in [0.25, 0.3) is 11.8 Å². The SMILES string of the molecule is O=C(C[C@H]1Oc2ccccc2NC1=O)NNC(=O)c1ccccc1. The zero-order valence-electron chi connectivity index (χ0n) is 12.6. The van der Waals surface area contributed by atoms with E-state index in [-0.39, 0.29) is 6.42 Å². The number of hydrogen-bond donors (Lipinski definition) is 3. The van der Waals surface area contributed by atoms with Crippen molar-refractivity contribution in [3.8, 4) is 5.75 Å². The number of benzene rings is 2. The topological polar surface area (TPSA) is 96.5 Å². The van der Waals surface area contributed by atoms with Crippen molar-refractivity contribution in [3.63, 3.8) is 0 Å². The van der Waals surface area contributed by atoms with Crippen LogP contribution in [0.2, 0.25) is 0 Å². The number of rotatable bonds is 3. The Morgan fingerprint density at radius 2 is 1.71 bits per heavy atom. The number of anilines is 1. The molecule has 0 bridgehead atoms. The Hall–Kier alpha value is -3.35. The maximum Gasteiger partial charge on any atom is 0.269 e. The molecule has 0 saturated heterocycles. The fourth-order valence-corrected chi connectivity index (χ4v) is 2.23. The number of carbonyl (C=O) groups is 3. The summed E-state index contributed by atoms with van der Waals surface area (Å²) in [5.74, 6) is -0.872. The maximum absolute atomic E-state index is 11.9. The van der Waals surface area contributed by atoms with Crippen LogP contribution in [0.15, 0.2) is 54.6 Å². The zero-order chi connectivity index (χ0) is 16.9. The van der Waals surface area contributed by atoms with Gasteiger partial charge in [-0.15, -0.1) is 0 Å². The number of nitrogens with one attached hydrogen (secondary N) is 3. The number of ether oxygens (including phenoxy) is 1. The van der Waals surface area contributed by atoms with Gasteiger partial charge >= 0.3 is 0 Å². The van der Waals surface area contributed by atoms with Crippen LogP contribution in [0, 0.1) is 0 Å². The smallest absolute Gasteiger partial charge is 0.269 e. The van der Waals surface area contributed by atoms with Crippen molar-refractivity contribution in [2.45, 2.75) is 12.5 Å². The summed E-state index contributed by atoms with van der Waals surface area (Å²) in [7, 11) is 0. The van der Waals surface area contributed by atoms with E-state index >= 15 is 0 Å². The molecule has 1 atom stereocenters. The van der Waals surface area contributed by atoms with Gasteiger partial charge in [-0.05, 0) is 24.3 Å². The van der Waals surface area contributed by atoms with Crippen LogP contribution in [-0.2, 0) is 9.59 Å². The summed E-state index contributed by atoms with van der Waals surface area (Å²) < 4.78 is 5.52. The average Bonchev–Trinajstić information content (AvgIpc) is 2.61. The Morgan fingerprint density at radius 3 is 2.50 bits per heavy atom. The van der Waals surface area contributed by atoms with E-state index in [1.807, 2.05) is 0 Å². The molecule has 1 heterocycles. The molecule has 3 N–H and O–H groups in total.